The van der Waals surface area contributed by atoms with Gasteiger partial charge in [0, 0.05) is 4.47 Å². The number of hydrogen-bond acceptors (Lipinski definition) is 7. The summed E-state index contributed by atoms with van der Waals surface area (Å²) in [6.45, 7) is 0.135. The molecule has 4 atom stereocenters. The van der Waals surface area contributed by atoms with E-state index in [-0.39, 0.29) is 6.61 Å². The van der Waals surface area contributed by atoms with Gasteiger partial charge in [0.25, 0.3) is 0 Å². The zero-order valence-electron chi connectivity index (χ0n) is 20.6. The highest BCUT2D eigenvalue weighted by Gasteiger charge is 2.71. The van der Waals surface area contributed by atoms with Crippen LogP contribution in [-0.4, -0.2) is 43.2 Å². The summed E-state index contributed by atoms with van der Waals surface area (Å²) in [6, 6.07) is 26.9. The summed E-state index contributed by atoms with van der Waals surface area (Å²) >= 11 is 3.54. The van der Waals surface area contributed by atoms with E-state index in [2.05, 4.69) is 15.9 Å². The number of hydrazone groups is 1. The molecule has 0 aliphatic carbocycles. The lowest BCUT2D eigenvalue weighted by Gasteiger charge is -2.47. The van der Waals surface area contributed by atoms with Gasteiger partial charge in [-0.2, -0.15) is 5.10 Å². The van der Waals surface area contributed by atoms with Crippen LogP contribution >= 0.6 is 15.9 Å². The Labute approximate surface area is 228 Å². The molecule has 4 aliphatic heterocycles. The third-order valence-electron chi connectivity index (χ3n) is 7.40. The number of esters is 2. The standard InChI is InChI=1S/C30H25BrN2O5/c1-36-28(35)30-25(26(19-9-4-2-5-10-19)32-33(30)23-13-6-3-7-14-23)24-16-15-21(18-37-29(30)38-27(24)34)20-11-8-12-22(31)17-20/h2-15,17,24-25,29H,16,18H2,1H3/b21-15+/t24-,25+,29-,30+/m0/s1. The highest BCUT2D eigenvalue weighted by atomic mass is 79.9. The third kappa shape index (κ3) is 3.87. The van der Waals surface area contributed by atoms with Crippen molar-refractivity contribution in [3.63, 3.8) is 0 Å². The van der Waals surface area contributed by atoms with Crippen molar-refractivity contribution >= 4 is 44.8 Å². The predicted molar refractivity (Wildman–Crippen MR) is 146 cm³/mol. The molecule has 7 rings (SSSR count). The molecule has 0 amide bonds. The topological polar surface area (TPSA) is 77.4 Å². The fourth-order valence-electron chi connectivity index (χ4n) is 5.69. The number of ether oxygens (including phenoxy) is 3. The number of para-hydroxylation sites is 1. The molecule has 0 unspecified atom stereocenters. The molecule has 4 heterocycles. The summed E-state index contributed by atoms with van der Waals surface area (Å²) in [4.78, 5) is 27.5. The van der Waals surface area contributed by atoms with Gasteiger partial charge in [-0.1, -0.05) is 82.7 Å². The highest BCUT2D eigenvalue weighted by Crippen LogP contribution is 2.51. The summed E-state index contributed by atoms with van der Waals surface area (Å²) in [5.41, 5.74) is 2.41. The molecule has 192 valence electrons. The van der Waals surface area contributed by atoms with E-state index in [0.717, 1.165) is 21.2 Å². The van der Waals surface area contributed by atoms with Gasteiger partial charge in [0.1, 0.15) is 0 Å². The molecule has 8 heteroatoms. The number of allylic oxidation sites excluding steroid dienone is 1. The first-order chi connectivity index (χ1) is 18.5. The lowest BCUT2D eigenvalue weighted by molar-refractivity contribution is -0.222. The van der Waals surface area contributed by atoms with E-state index < -0.39 is 35.6 Å². The third-order valence-corrected chi connectivity index (χ3v) is 7.89. The summed E-state index contributed by atoms with van der Waals surface area (Å²) in [5, 5.41) is 6.64. The number of benzene rings is 3. The summed E-state index contributed by atoms with van der Waals surface area (Å²) in [7, 11) is 1.34. The molecule has 7 nitrogen and oxygen atoms in total. The number of halogens is 1. The second-order valence-electron chi connectivity index (χ2n) is 9.45. The number of fused-ring (bicyclic) bond motifs is 4. The van der Waals surface area contributed by atoms with E-state index in [4.69, 9.17) is 19.3 Å². The maximum atomic E-state index is 14.0. The first kappa shape index (κ1) is 24.6. The predicted octanol–water partition coefficient (Wildman–Crippen LogP) is 5.20. The van der Waals surface area contributed by atoms with Crippen molar-refractivity contribution in [2.75, 3.05) is 18.7 Å². The molecule has 0 N–H and O–H groups in total. The van der Waals surface area contributed by atoms with Crippen molar-refractivity contribution in [3.8, 4) is 0 Å². The number of hydrogen-bond donors (Lipinski definition) is 0. The van der Waals surface area contributed by atoms with Crippen LogP contribution in [0.15, 0.2) is 101 Å². The molecule has 2 bridgehead atoms. The molecular formula is C30H25BrN2O5. The van der Waals surface area contributed by atoms with Crippen molar-refractivity contribution in [2.45, 2.75) is 18.2 Å². The Bertz CT molecular complexity index is 1440. The minimum absolute atomic E-state index is 0.135. The SMILES string of the molecule is COC(=O)[C@@]12[C@H]3OC/C(c4cccc(Br)c4)=C\C[C@H](C(=O)O3)[C@@H]1C(c1ccccc1)=NN2c1ccccc1. The number of nitrogens with zero attached hydrogens (tertiary/aromatic N) is 2. The number of rotatable bonds is 4. The van der Waals surface area contributed by atoms with Crippen molar-refractivity contribution in [1.29, 1.82) is 0 Å². The zero-order chi connectivity index (χ0) is 26.3. The van der Waals surface area contributed by atoms with Crippen LogP contribution in [0.1, 0.15) is 17.5 Å². The van der Waals surface area contributed by atoms with Crippen LogP contribution in [0.4, 0.5) is 5.69 Å². The average molecular weight is 573 g/mol. The number of methoxy groups -OCH3 is 1. The fourth-order valence-corrected chi connectivity index (χ4v) is 6.09. The second kappa shape index (κ2) is 9.85. The van der Waals surface area contributed by atoms with E-state index in [1.54, 1.807) is 5.01 Å². The van der Waals surface area contributed by atoms with Crippen LogP contribution in [0.5, 0.6) is 0 Å². The van der Waals surface area contributed by atoms with Gasteiger partial charge in [0.05, 0.1) is 37.0 Å². The van der Waals surface area contributed by atoms with Crippen LogP contribution in [0, 0.1) is 11.8 Å². The lowest BCUT2D eigenvalue weighted by Crippen LogP contribution is -2.70. The van der Waals surface area contributed by atoms with E-state index in [9.17, 15) is 9.59 Å². The van der Waals surface area contributed by atoms with Gasteiger partial charge in [0.15, 0.2) is 0 Å². The van der Waals surface area contributed by atoms with Crippen molar-refractivity contribution in [2.24, 2.45) is 16.9 Å². The molecule has 38 heavy (non-hydrogen) atoms. The molecule has 0 radical (unpaired) electrons. The molecule has 3 aromatic rings. The maximum absolute atomic E-state index is 14.0. The molecule has 0 saturated carbocycles. The smallest absolute Gasteiger partial charge is 0.341 e. The van der Waals surface area contributed by atoms with Gasteiger partial charge < -0.3 is 14.2 Å². The van der Waals surface area contributed by atoms with Gasteiger partial charge >= 0.3 is 11.9 Å². The first-order valence-corrected chi connectivity index (χ1v) is 13.2. The fraction of sp³-hybridized carbons (Fsp3) is 0.233. The Morgan fingerprint density at radius 2 is 1.74 bits per heavy atom. The summed E-state index contributed by atoms with van der Waals surface area (Å²) in [5.74, 6) is -2.37. The number of anilines is 1. The minimum atomic E-state index is -1.56. The molecular weight excluding hydrogens is 548 g/mol. The molecule has 0 spiro atoms. The minimum Gasteiger partial charge on any atom is -0.467 e. The van der Waals surface area contributed by atoms with Gasteiger partial charge in [-0.25, -0.2) is 9.80 Å². The Balaban J connectivity index is 1.56. The summed E-state index contributed by atoms with van der Waals surface area (Å²) < 4.78 is 18.7. The van der Waals surface area contributed by atoms with Gasteiger partial charge in [0.2, 0.25) is 11.8 Å². The van der Waals surface area contributed by atoms with Crippen LogP contribution in [-0.2, 0) is 23.8 Å². The molecule has 0 aromatic heterocycles. The number of carbonyl (C=O) groups is 2. The van der Waals surface area contributed by atoms with E-state index in [0.29, 0.717) is 17.8 Å². The van der Waals surface area contributed by atoms with Crippen LogP contribution in [0.3, 0.4) is 0 Å². The zero-order valence-corrected chi connectivity index (χ0v) is 22.2. The van der Waals surface area contributed by atoms with Crippen molar-refractivity contribution in [3.05, 3.63) is 107 Å². The van der Waals surface area contributed by atoms with Gasteiger partial charge in [-0.05, 0) is 47.4 Å². The molecule has 1 fully saturated rings. The van der Waals surface area contributed by atoms with Crippen molar-refractivity contribution in [1.82, 2.24) is 0 Å². The first-order valence-electron chi connectivity index (χ1n) is 12.4. The normalized spacial score (nSPS) is 27.7. The van der Waals surface area contributed by atoms with E-state index >= 15 is 0 Å². The number of carbonyl (C=O) groups excluding carboxylic acids is 2. The molecule has 1 saturated heterocycles. The average Bonchev–Trinajstić information content (AvgIpc) is 3.36. The van der Waals surface area contributed by atoms with E-state index in [1.807, 2.05) is 91.0 Å². The van der Waals surface area contributed by atoms with E-state index in [1.165, 1.54) is 7.11 Å². The lowest BCUT2D eigenvalue weighted by atomic mass is 9.68. The van der Waals surface area contributed by atoms with Crippen LogP contribution in [0.2, 0.25) is 0 Å². The van der Waals surface area contributed by atoms with Crippen LogP contribution in [0.25, 0.3) is 5.57 Å². The van der Waals surface area contributed by atoms with Crippen LogP contribution < -0.4 is 5.01 Å². The Hall–Kier alpha value is -3.75. The Morgan fingerprint density at radius 1 is 1.03 bits per heavy atom. The second-order valence-corrected chi connectivity index (χ2v) is 10.4. The quantitative estimate of drug-likeness (QED) is 0.400. The highest BCUT2D eigenvalue weighted by molar-refractivity contribution is 9.10. The van der Waals surface area contributed by atoms with Gasteiger partial charge in [-0.3, -0.25) is 4.79 Å². The largest absolute Gasteiger partial charge is 0.467 e. The van der Waals surface area contributed by atoms with Gasteiger partial charge in [-0.15, -0.1) is 0 Å². The molecule has 4 aliphatic rings. The molecule has 3 aromatic carbocycles. The summed E-state index contributed by atoms with van der Waals surface area (Å²) in [6.07, 6.45) is 1.09. The Kier molecular flexibility index (Phi) is 6.37. The van der Waals surface area contributed by atoms with Crippen molar-refractivity contribution < 1.29 is 23.8 Å². The Morgan fingerprint density at radius 3 is 2.45 bits per heavy atom. The maximum Gasteiger partial charge on any atom is 0.341 e. The monoisotopic (exact) mass is 572 g/mol.